The third-order valence-electron chi connectivity index (χ3n) is 8.23. The summed E-state index contributed by atoms with van der Waals surface area (Å²) in [6.45, 7) is 12.3. The van der Waals surface area contributed by atoms with Crippen molar-refractivity contribution in [2.24, 2.45) is 28.6 Å². The van der Waals surface area contributed by atoms with Crippen LogP contribution in [-0.2, 0) is 0 Å². The molecule has 3 rings (SSSR count). The Morgan fingerprint density at radius 3 is 2.56 bits per heavy atom. The van der Waals surface area contributed by atoms with Crippen LogP contribution in [0.15, 0.2) is 23.3 Å². The molecule has 0 bridgehead atoms. The van der Waals surface area contributed by atoms with Gasteiger partial charge in [0.25, 0.3) is 0 Å². The number of rotatable bonds is 5. The van der Waals surface area contributed by atoms with E-state index in [-0.39, 0.29) is 0 Å². The highest BCUT2D eigenvalue weighted by molar-refractivity contribution is 5.25. The fraction of sp³-hybridized carbons (Fsp3) is 0.852. The third kappa shape index (κ3) is 5.51. The lowest BCUT2D eigenvalue weighted by Gasteiger charge is -2.42. The van der Waals surface area contributed by atoms with Gasteiger partial charge in [0, 0.05) is 0 Å². The molecule has 0 aliphatic heterocycles. The highest BCUT2D eigenvalue weighted by atomic mass is 14.5. The average molecular weight is 371 g/mol. The zero-order valence-electron chi connectivity index (χ0n) is 19.1. The summed E-state index contributed by atoms with van der Waals surface area (Å²) in [5.74, 6) is 2.77. The minimum Gasteiger partial charge on any atom is -0.0700 e. The summed E-state index contributed by atoms with van der Waals surface area (Å²) in [6, 6.07) is 0. The van der Waals surface area contributed by atoms with Gasteiger partial charge in [0.15, 0.2) is 0 Å². The molecule has 4 unspecified atom stereocenters. The fourth-order valence-electron chi connectivity index (χ4n) is 6.57. The highest BCUT2D eigenvalue weighted by Gasteiger charge is 2.48. The van der Waals surface area contributed by atoms with Gasteiger partial charge in [-0.3, -0.25) is 0 Å². The Bertz CT molecular complexity index is 543. The first-order chi connectivity index (χ1) is 12.8. The molecule has 0 heteroatoms. The van der Waals surface area contributed by atoms with Crippen LogP contribution in [-0.4, -0.2) is 0 Å². The largest absolute Gasteiger partial charge is 0.0700 e. The predicted molar refractivity (Wildman–Crippen MR) is 120 cm³/mol. The van der Waals surface area contributed by atoms with Gasteiger partial charge in [0.1, 0.15) is 0 Å². The van der Waals surface area contributed by atoms with Gasteiger partial charge in [-0.15, -0.1) is 0 Å². The van der Waals surface area contributed by atoms with Crippen molar-refractivity contribution in [2.45, 2.75) is 118 Å². The van der Waals surface area contributed by atoms with Crippen molar-refractivity contribution in [1.82, 2.24) is 0 Å². The van der Waals surface area contributed by atoms with Crippen LogP contribution in [0.1, 0.15) is 118 Å². The van der Waals surface area contributed by atoms with E-state index in [9.17, 15) is 0 Å². The van der Waals surface area contributed by atoms with Crippen molar-refractivity contribution >= 4 is 0 Å². The molecule has 0 spiro atoms. The summed E-state index contributed by atoms with van der Waals surface area (Å²) >= 11 is 0. The zero-order chi connectivity index (χ0) is 19.5. The first-order valence-electron chi connectivity index (χ1n) is 12.2. The topological polar surface area (TPSA) is 0 Å². The molecule has 27 heavy (non-hydrogen) atoms. The van der Waals surface area contributed by atoms with Crippen molar-refractivity contribution in [1.29, 1.82) is 0 Å². The molecule has 154 valence electrons. The lowest BCUT2D eigenvalue weighted by molar-refractivity contribution is 0.126. The summed E-state index contributed by atoms with van der Waals surface area (Å²) in [4.78, 5) is 0. The summed E-state index contributed by atoms with van der Waals surface area (Å²) < 4.78 is 0. The highest BCUT2D eigenvalue weighted by Crippen LogP contribution is 2.58. The first-order valence-corrected chi connectivity index (χ1v) is 12.2. The number of unbranched alkanes of at least 4 members (excludes halogenated alkanes) is 1. The number of hydrogen-bond acceptors (Lipinski definition) is 0. The van der Waals surface area contributed by atoms with Crippen LogP contribution >= 0.6 is 0 Å². The maximum absolute atomic E-state index is 2.65. The van der Waals surface area contributed by atoms with E-state index in [0.717, 1.165) is 17.8 Å². The van der Waals surface area contributed by atoms with Gasteiger partial charge in [-0.05, 0) is 92.8 Å². The summed E-state index contributed by atoms with van der Waals surface area (Å²) in [5, 5.41) is 0. The molecule has 0 aromatic carbocycles. The Kier molecular flexibility index (Phi) is 6.97. The van der Waals surface area contributed by atoms with Crippen molar-refractivity contribution in [3.05, 3.63) is 23.3 Å². The molecule has 0 amide bonds. The Labute approximate surface area is 170 Å². The van der Waals surface area contributed by atoms with Crippen molar-refractivity contribution in [3.8, 4) is 0 Å². The quantitative estimate of drug-likeness (QED) is 0.424. The molecule has 0 aromatic rings. The number of allylic oxidation sites excluding steroid dienone is 4. The standard InChI is InChI=1S/C27H46/c1-21-10-8-11-22(20-21)14-15-23-12-9-19-27(5)24(16-17-25(23)27)13-6-7-18-26(2,3)4/h14-15,21,24-25H,6-13,16-20H2,1-5H3/b22-14-,23-15+. The third-order valence-corrected chi connectivity index (χ3v) is 8.23. The summed E-state index contributed by atoms with van der Waals surface area (Å²) in [7, 11) is 0. The van der Waals surface area contributed by atoms with Crippen LogP contribution < -0.4 is 0 Å². The van der Waals surface area contributed by atoms with Crippen molar-refractivity contribution < 1.29 is 0 Å². The van der Waals surface area contributed by atoms with E-state index in [4.69, 9.17) is 0 Å². The molecule has 0 N–H and O–H groups in total. The van der Waals surface area contributed by atoms with Gasteiger partial charge < -0.3 is 0 Å². The molecule has 0 heterocycles. The molecule has 0 radical (unpaired) electrons. The minimum absolute atomic E-state index is 0.507. The molecule has 0 saturated heterocycles. The minimum atomic E-state index is 0.507. The number of hydrogen-bond donors (Lipinski definition) is 0. The molecule has 3 saturated carbocycles. The van der Waals surface area contributed by atoms with E-state index in [2.05, 4.69) is 46.8 Å². The lowest BCUT2D eigenvalue weighted by Crippen LogP contribution is -2.33. The van der Waals surface area contributed by atoms with Gasteiger partial charge in [-0.1, -0.05) is 77.2 Å². The van der Waals surface area contributed by atoms with Crippen molar-refractivity contribution in [3.63, 3.8) is 0 Å². The second-order valence-electron chi connectivity index (χ2n) is 11.8. The van der Waals surface area contributed by atoms with E-state index >= 15 is 0 Å². The number of fused-ring (bicyclic) bond motifs is 1. The molecule has 0 aromatic heterocycles. The molecule has 4 atom stereocenters. The van der Waals surface area contributed by atoms with Gasteiger partial charge in [-0.2, -0.15) is 0 Å². The lowest BCUT2D eigenvalue weighted by atomic mass is 9.62. The Morgan fingerprint density at radius 2 is 1.81 bits per heavy atom. The Balaban J connectivity index is 1.60. The van der Waals surface area contributed by atoms with Crippen LogP contribution in [0, 0.1) is 28.6 Å². The van der Waals surface area contributed by atoms with Crippen LogP contribution in [0.4, 0.5) is 0 Å². The maximum Gasteiger partial charge on any atom is -0.0143 e. The first kappa shape index (κ1) is 21.2. The molecule has 3 fully saturated rings. The fourth-order valence-corrected chi connectivity index (χ4v) is 6.57. The average Bonchev–Trinajstić information content (AvgIpc) is 2.93. The van der Waals surface area contributed by atoms with E-state index in [1.807, 2.05) is 5.57 Å². The summed E-state index contributed by atoms with van der Waals surface area (Å²) in [6.07, 6.45) is 23.7. The Hall–Kier alpha value is -0.520. The maximum atomic E-state index is 2.65. The monoisotopic (exact) mass is 370 g/mol. The van der Waals surface area contributed by atoms with Crippen LogP contribution in [0.2, 0.25) is 0 Å². The molecular weight excluding hydrogens is 324 g/mol. The Morgan fingerprint density at radius 1 is 1.00 bits per heavy atom. The van der Waals surface area contributed by atoms with E-state index in [1.165, 1.54) is 83.5 Å². The second kappa shape index (κ2) is 8.87. The molecule has 3 aliphatic carbocycles. The van der Waals surface area contributed by atoms with Crippen molar-refractivity contribution in [2.75, 3.05) is 0 Å². The van der Waals surface area contributed by atoms with Gasteiger partial charge in [-0.25, -0.2) is 0 Å². The molecule has 0 nitrogen and oxygen atoms in total. The predicted octanol–water partition coefficient (Wildman–Crippen LogP) is 8.87. The van der Waals surface area contributed by atoms with Crippen LogP contribution in [0.3, 0.4) is 0 Å². The van der Waals surface area contributed by atoms with E-state index < -0.39 is 0 Å². The molecule has 3 aliphatic rings. The molecular formula is C27H46. The van der Waals surface area contributed by atoms with Gasteiger partial charge in [0.2, 0.25) is 0 Å². The normalized spacial score (nSPS) is 37.7. The SMILES string of the molecule is CC1CCC/C(=C/C=C2\CCCC3(C)C(CCCCC(C)(C)C)CCC23)C1. The van der Waals surface area contributed by atoms with E-state index in [0.29, 0.717) is 10.8 Å². The smallest absolute Gasteiger partial charge is 0.0143 e. The second-order valence-corrected chi connectivity index (χ2v) is 11.8. The van der Waals surface area contributed by atoms with Crippen LogP contribution in [0.5, 0.6) is 0 Å². The van der Waals surface area contributed by atoms with Gasteiger partial charge >= 0.3 is 0 Å². The summed E-state index contributed by atoms with van der Waals surface area (Å²) in [5.41, 5.74) is 4.65. The van der Waals surface area contributed by atoms with Crippen LogP contribution in [0.25, 0.3) is 0 Å². The zero-order valence-corrected chi connectivity index (χ0v) is 19.1. The van der Waals surface area contributed by atoms with Gasteiger partial charge in [0.05, 0.1) is 0 Å². The van der Waals surface area contributed by atoms with E-state index in [1.54, 1.807) is 5.57 Å².